The number of rotatable bonds is 2. The van der Waals surface area contributed by atoms with Crippen molar-refractivity contribution in [2.75, 3.05) is 36.4 Å². The van der Waals surface area contributed by atoms with Gasteiger partial charge in [-0.3, -0.25) is 4.79 Å². The van der Waals surface area contributed by atoms with E-state index >= 15 is 0 Å². The second-order valence-corrected chi connectivity index (χ2v) is 8.67. The third-order valence-electron chi connectivity index (χ3n) is 5.03. The number of hydrogen-bond donors (Lipinski definition) is 2. The van der Waals surface area contributed by atoms with E-state index in [9.17, 15) is 17.6 Å². The Morgan fingerprint density at radius 3 is 2.43 bits per heavy atom. The predicted molar refractivity (Wildman–Crippen MR) is 104 cm³/mol. The number of hydrogen-bond acceptors (Lipinski definition) is 5. The monoisotopic (exact) mass is 404 g/mol. The van der Waals surface area contributed by atoms with Crippen molar-refractivity contribution in [1.29, 1.82) is 0 Å². The normalized spacial score (nSPS) is 21.0. The molecule has 2 aliphatic heterocycles. The molecule has 4 rings (SSSR count). The van der Waals surface area contributed by atoms with Crippen molar-refractivity contribution in [1.82, 2.24) is 9.62 Å². The molecule has 2 aromatic carbocycles. The first-order chi connectivity index (χ1) is 13.3. The fourth-order valence-electron chi connectivity index (χ4n) is 3.53. The van der Waals surface area contributed by atoms with Crippen LogP contribution in [0.2, 0.25) is 0 Å². The average molecular weight is 404 g/mol. The minimum atomic E-state index is -3.76. The number of carbonyl (C=O) groups excluding carboxylic acids is 1. The van der Waals surface area contributed by atoms with Gasteiger partial charge in [0.15, 0.2) is 6.17 Å². The standard InChI is InChI=1S/C19H21FN4O3S/c1-13-2-7-17-16(12-13)21-18(22-28(17,26)27)19(25)24-10-8-23(9-11-24)15-5-3-14(20)4-6-15/h2-7,12,18,21-22H,8-11H2,1H3/t18-/m0/s1. The molecule has 0 unspecified atom stereocenters. The summed E-state index contributed by atoms with van der Waals surface area (Å²) in [5, 5.41) is 3.00. The van der Waals surface area contributed by atoms with Crippen LogP contribution in [-0.4, -0.2) is 51.6 Å². The molecule has 2 N–H and O–H groups in total. The number of amides is 1. The lowest BCUT2D eigenvalue weighted by Crippen LogP contribution is -2.58. The highest BCUT2D eigenvalue weighted by molar-refractivity contribution is 7.89. The smallest absolute Gasteiger partial charge is 0.261 e. The molecule has 2 heterocycles. The van der Waals surface area contributed by atoms with Gasteiger partial charge in [0, 0.05) is 31.9 Å². The number of halogens is 1. The fourth-order valence-corrected chi connectivity index (χ4v) is 4.78. The Morgan fingerprint density at radius 2 is 1.75 bits per heavy atom. The van der Waals surface area contributed by atoms with Crippen LogP contribution >= 0.6 is 0 Å². The molecule has 1 atom stereocenters. The summed E-state index contributed by atoms with van der Waals surface area (Å²) < 4.78 is 40.5. The van der Waals surface area contributed by atoms with Crippen molar-refractivity contribution in [3.63, 3.8) is 0 Å². The van der Waals surface area contributed by atoms with E-state index in [1.165, 1.54) is 18.2 Å². The molecule has 1 fully saturated rings. The third-order valence-corrected chi connectivity index (χ3v) is 6.51. The largest absolute Gasteiger partial charge is 0.368 e. The molecule has 0 radical (unpaired) electrons. The molecule has 0 aliphatic carbocycles. The molecule has 2 aromatic rings. The molecular weight excluding hydrogens is 383 g/mol. The van der Waals surface area contributed by atoms with Crippen LogP contribution in [0.3, 0.4) is 0 Å². The van der Waals surface area contributed by atoms with Gasteiger partial charge in [0.1, 0.15) is 10.7 Å². The van der Waals surface area contributed by atoms with Crippen LogP contribution < -0.4 is 14.9 Å². The van der Waals surface area contributed by atoms with Gasteiger partial charge in [0.2, 0.25) is 10.0 Å². The van der Waals surface area contributed by atoms with Gasteiger partial charge in [0.05, 0.1) is 5.69 Å². The first-order valence-electron chi connectivity index (χ1n) is 9.02. The van der Waals surface area contributed by atoms with Crippen molar-refractivity contribution in [2.45, 2.75) is 18.0 Å². The lowest BCUT2D eigenvalue weighted by Gasteiger charge is -2.38. The van der Waals surface area contributed by atoms with E-state index < -0.39 is 16.2 Å². The van der Waals surface area contributed by atoms with E-state index in [1.54, 1.807) is 29.2 Å². The van der Waals surface area contributed by atoms with Crippen LogP contribution in [0, 0.1) is 12.7 Å². The van der Waals surface area contributed by atoms with Crippen molar-refractivity contribution in [3.05, 3.63) is 53.8 Å². The highest BCUT2D eigenvalue weighted by Gasteiger charge is 2.36. The van der Waals surface area contributed by atoms with E-state index in [-0.39, 0.29) is 16.6 Å². The Labute approximate surface area is 163 Å². The second kappa shape index (κ2) is 7.06. The molecule has 1 amide bonds. The number of carbonyl (C=O) groups is 1. The number of piperazine rings is 1. The molecule has 0 bridgehead atoms. The van der Waals surface area contributed by atoms with Gasteiger partial charge < -0.3 is 15.1 Å². The summed E-state index contributed by atoms with van der Waals surface area (Å²) in [5.41, 5.74) is 2.24. The molecule has 7 nitrogen and oxygen atoms in total. The molecular formula is C19H21FN4O3S. The summed E-state index contributed by atoms with van der Waals surface area (Å²) in [6.07, 6.45) is -1.03. The van der Waals surface area contributed by atoms with Gasteiger partial charge in [-0.15, -0.1) is 0 Å². The van der Waals surface area contributed by atoms with Crippen molar-refractivity contribution >= 4 is 27.3 Å². The third kappa shape index (κ3) is 3.55. The maximum atomic E-state index is 13.1. The number of anilines is 2. The first-order valence-corrected chi connectivity index (χ1v) is 10.5. The zero-order valence-corrected chi connectivity index (χ0v) is 16.2. The van der Waals surface area contributed by atoms with Gasteiger partial charge in [-0.1, -0.05) is 6.07 Å². The number of benzene rings is 2. The van der Waals surface area contributed by atoms with E-state index in [0.717, 1.165) is 11.3 Å². The SMILES string of the molecule is Cc1ccc2c(c1)N[C@H](C(=O)N1CCN(c3ccc(F)cc3)CC1)NS2(=O)=O. The summed E-state index contributed by atoms with van der Waals surface area (Å²) in [7, 11) is -3.76. The fraction of sp³-hybridized carbons (Fsp3) is 0.316. The maximum Gasteiger partial charge on any atom is 0.261 e. The van der Waals surface area contributed by atoms with Gasteiger partial charge in [-0.25, -0.2) is 12.8 Å². The van der Waals surface area contributed by atoms with Gasteiger partial charge >= 0.3 is 0 Å². The first kappa shape index (κ1) is 18.7. The maximum absolute atomic E-state index is 13.1. The summed E-state index contributed by atoms with van der Waals surface area (Å²) in [4.78, 5) is 16.7. The Balaban J connectivity index is 1.45. The number of nitrogens with zero attached hydrogens (tertiary/aromatic N) is 2. The zero-order chi connectivity index (χ0) is 19.9. The van der Waals surface area contributed by atoms with E-state index in [1.807, 2.05) is 6.92 Å². The number of sulfonamides is 1. The molecule has 1 saturated heterocycles. The highest BCUT2D eigenvalue weighted by atomic mass is 32.2. The molecule has 0 spiro atoms. The van der Waals surface area contributed by atoms with Crippen LogP contribution in [0.1, 0.15) is 5.56 Å². The summed E-state index contributed by atoms with van der Waals surface area (Å²) in [6, 6.07) is 11.2. The van der Waals surface area contributed by atoms with Gasteiger partial charge in [-0.05, 0) is 48.9 Å². The molecule has 148 valence electrons. The number of nitrogens with one attached hydrogen (secondary N) is 2. The molecule has 0 aromatic heterocycles. The van der Waals surface area contributed by atoms with E-state index in [0.29, 0.717) is 31.9 Å². The molecule has 9 heteroatoms. The number of aryl methyl sites for hydroxylation is 1. The zero-order valence-electron chi connectivity index (χ0n) is 15.4. The average Bonchev–Trinajstić information content (AvgIpc) is 2.67. The van der Waals surface area contributed by atoms with Crippen LogP contribution in [0.25, 0.3) is 0 Å². The van der Waals surface area contributed by atoms with Crippen LogP contribution in [0.15, 0.2) is 47.4 Å². The molecule has 2 aliphatic rings. The Hall–Kier alpha value is -2.65. The van der Waals surface area contributed by atoms with Crippen molar-refractivity contribution in [2.24, 2.45) is 0 Å². The lowest BCUT2D eigenvalue weighted by atomic mass is 10.2. The predicted octanol–water partition coefficient (Wildman–Crippen LogP) is 1.51. The Kier molecular flexibility index (Phi) is 4.72. The van der Waals surface area contributed by atoms with Gasteiger partial charge in [0.25, 0.3) is 5.91 Å². The summed E-state index contributed by atoms with van der Waals surface area (Å²) in [5.74, 6) is -0.599. The number of fused-ring (bicyclic) bond motifs is 1. The minimum Gasteiger partial charge on any atom is -0.368 e. The highest BCUT2D eigenvalue weighted by Crippen LogP contribution is 2.27. The summed E-state index contributed by atoms with van der Waals surface area (Å²) in [6.45, 7) is 3.95. The van der Waals surface area contributed by atoms with E-state index in [2.05, 4.69) is 14.9 Å². The van der Waals surface area contributed by atoms with Crippen molar-refractivity contribution < 1.29 is 17.6 Å². The molecule has 28 heavy (non-hydrogen) atoms. The molecule has 0 saturated carbocycles. The minimum absolute atomic E-state index is 0.142. The quantitative estimate of drug-likeness (QED) is 0.793. The van der Waals surface area contributed by atoms with Gasteiger partial charge in [-0.2, -0.15) is 4.72 Å². The second-order valence-electron chi connectivity index (χ2n) is 6.99. The van der Waals surface area contributed by atoms with Crippen LogP contribution in [0.5, 0.6) is 0 Å². The topological polar surface area (TPSA) is 81.8 Å². The Bertz CT molecular complexity index is 1000. The van der Waals surface area contributed by atoms with Crippen molar-refractivity contribution in [3.8, 4) is 0 Å². The summed E-state index contributed by atoms with van der Waals surface area (Å²) >= 11 is 0. The van der Waals surface area contributed by atoms with Crippen LogP contribution in [-0.2, 0) is 14.8 Å². The van der Waals surface area contributed by atoms with Crippen LogP contribution in [0.4, 0.5) is 15.8 Å². The Morgan fingerprint density at radius 1 is 1.07 bits per heavy atom. The lowest BCUT2D eigenvalue weighted by molar-refractivity contribution is -0.132. The van der Waals surface area contributed by atoms with E-state index in [4.69, 9.17) is 0 Å².